The maximum absolute atomic E-state index is 12.3. The van der Waals surface area contributed by atoms with Crippen LogP contribution >= 0.6 is 23.4 Å². The second-order valence-electron chi connectivity index (χ2n) is 7.29. The molecule has 30 heavy (non-hydrogen) atoms. The second-order valence-corrected chi connectivity index (χ2v) is 8.62. The molecule has 8 heteroatoms. The lowest BCUT2D eigenvalue weighted by Crippen LogP contribution is -2.33. The van der Waals surface area contributed by atoms with Crippen LogP contribution in [0.1, 0.15) is 42.6 Å². The van der Waals surface area contributed by atoms with Crippen LogP contribution in [0.4, 0.5) is 5.82 Å². The third kappa shape index (κ3) is 6.59. The highest BCUT2D eigenvalue weighted by molar-refractivity contribution is 7.98. The van der Waals surface area contributed by atoms with Gasteiger partial charge in [0.1, 0.15) is 11.0 Å². The lowest BCUT2D eigenvalue weighted by Gasteiger charge is -2.20. The lowest BCUT2D eigenvalue weighted by atomic mass is 10.1. The summed E-state index contributed by atoms with van der Waals surface area (Å²) in [7, 11) is 0. The molecule has 1 aliphatic heterocycles. The van der Waals surface area contributed by atoms with E-state index in [-0.39, 0.29) is 5.91 Å². The highest BCUT2D eigenvalue weighted by Gasteiger charge is 2.12. The molecule has 0 bridgehead atoms. The molecule has 0 unspecified atom stereocenters. The Kier molecular flexibility index (Phi) is 8.78. The van der Waals surface area contributed by atoms with Gasteiger partial charge in [0, 0.05) is 43.6 Å². The highest BCUT2D eigenvalue weighted by Crippen LogP contribution is 2.24. The Balaban J connectivity index is 1.51. The molecule has 1 saturated heterocycles. The number of anilines is 1. The number of carbonyl (C=O) groups excluding carboxylic acids is 1. The standard InChI is InChI=1S/C22H30ClN5OS/c1-3-28(4-2)20-15-19(23)25-22(26-20)30-16-17-7-9-18(10-8-17)21(29)24-11-14-27-12-5-6-13-27/h7-10,15H,3-6,11-14,16H2,1-2H3,(H,24,29). The van der Waals surface area contributed by atoms with Gasteiger partial charge in [-0.15, -0.1) is 0 Å². The smallest absolute Gasteiger partial charge is 0.251 e. The molecule has 1 fully saturated rings. The Hall–Kier alpha value is -1.83. The van der Waals surface area contributed by atoms with Crippen molar-refractivity contribution in [3.05, 3.63) is 46.6 Å². The quantitative estimate of drug-likeness (QED) is 0.336. The SMILES string of the molecule is CCN(CC)c1cc(Cl)nc(SCc2ccc(C(=O)NCCN3CCCC3)cc2)n1. The maximum Gasteiger partial charge on any atom is 0.251 e. The first-order valence-electron chi connectivity index (χ1n) is 10.6. The van der Waals surface area contributed by atoms with Gasteiger partial charge < -0.3 is 15.1 Å². The molecular weight excluding hydrogens is 418 g/mol. The maximum atomic E-state index is 12.3. The van der Waals surface area contributed by atoms with E-state index in [1.165, 1.54) is 12.8 Å². The average Bonchev–Trinajstić information content (AvgIpc) is 3.27. The van der Waals surface area contributed by atoms with Gasteiger partial charge in [0.05, 0.1) is 0 Å². The molecule has 1 amide bonds. The molecule has 3 rings (SSSR count). The van der Waals surface area contributed by atoms with Crippen molar-refractivity contribution in [3.8, 4) is 0 Å². The molecule has 6 nitrogen and oxygen atoms in total. The summed E-state index contributed by atoms with van der Waals surface area (Å²) in [6.45, 7) is 9.84. The lowest BCUT2D eigenvalue weighted by molar-refractivity contribution is 0.0949. The van der Waals surface area contributed by atoms with E-state index >= 15 is 0 Å². The van der Waals surface area contributed by atoms with Crippen LogP contribution in [0.25, 0.3) is 0 Å². The number of likely N-dealkylation sites (tertiary alicyclic amines) is 1. The van der Waals surface area contributed by atoms with Crippen LogP contribution in [-0.4, -0.2) is 60.0 Å². The van der Waals surface area contributed by atoms with E-state index in [1.54, 1.807) is 17.8 Å². The summed E-state index contributed by atoms with van der Waals surface area (Å²) < 4.78 is 0. The van der Waals surface area contributed by atoms with Crippen LogP contribution in [0, 0.1) is 0 Å². The largest absolute Gasteiger partial charge is 0.357 e. The van der Waals surface area contributed by atoms with Gasteiger partial charge in [0.25, 0.3) is 5.91 Å². The number of aromatic nitrogens is 2. The summed E-state index contributed by atoms with van der Waals surface area (Å²) >= 11 is 7.73. The zero-order chi connectivity index (χ0) is 21.3. The molecule has 0 aliphatic carbocycles. The van der Waals surface area contributed by atoms with Crippen molar-refractivity contribution in [1.29, 1.82) is 0 Å². The Labute approximate surface area is 188 Å². The molecular formula is C22H30ClN5OS. The first-order valence-corrected chi connectivity index (χ1v) is 12.0. The van der Waals surface area contributed by atoms with E-state index < -0.39 is 0 Å². The average molecular weight is 448 g/mol. The fourth-order valence-corrected chi connectivity index (χ4v) is 4.53. The van der Waals surface area contributed by atoms with Crippen molar-refractivity contribution < 1.29 is 4.79 Å². The Morgan fingerprint density at radius 1 is 1.17 bits per heavy atom. The van der Waals surface area contributed by atoms with Gasteiger partial charge in [0.2, 0.25) is 0 Å². The molecule has 1 N–H and O–H groups in total. The topological polar surface area (TPSA) is 61.4 Å². The first kappa shape index (κ1) is 22.8. The van der Waals surface area contributed by atoms with E-state index in [0.717, 1.165) is 49.9 Å². The zero-order valence-electron chi connectivity index (χ0n) is 17.7. The van der Waals surface area contributed by atoms with Gasteiger partial charge in [-0.3, -0.25) is 4.79 Å². The normalized spacial score (nSPS) is 14.1. The minimum atomic E-state index is -0.0181. The third-order valence-electron chi connectivity index (χ3n) is 5.24. The third-order valence-corrected chi connectivity index (χ3v) is 6.36. The molecule has 0 saturated carbocycles. The number of carbonyl (C=O) groups is 1. The van der Waals surface area contributed by atoms with E-state index in [0.29, 0.717) is 22.4 Å². The van der Waals surface area contributed by atoms with Gasteiger partial charge in [0.15, 0.2) is 5.16 Å². The second kappa shape index (κ2) is 11.5. The first-order chi connectivity index (χ1) is 14.6. The van der Waals surface area contributed by atoms with Crippen LogP contribution in [-0.2, 0) is 5.75 Å². The molecule has 1 aromatic heterocycles. The van der Waals surface area contributed by atoms with E-state index in [2.05, 4.69) is 38.9 Å². The molecule has 0 radical (unpaired) electrons. The number of hydrogen-bond acceptors (Lipinski definition) is 6. The summed E-state index contributed by atoms with van der Waals surface area (Å²) in [5.74, 6) is 1.55. The molecule has 2 aromatic rings. The Bertz CT molecular complexity index is 823. The number of nitrogens with one attached hydrogen (secondary N) is 1. The number of hydrogen-bond donors (Lipinski definition) is 1. The molecule has 0 spiro atoms. The predicted octanol–water partition coefficient (Wildman–Crippen LogP) is 4.09. The fourth-order valence-electron chi connectivity index (χ4n) is 3.50. The van der Waals surface area contributed by atoms with E-state index in [4.69, 9.17) is 11.6 Å². The van der Waals surface area contributed by atoms with Crippen LogP contribution < -0.4 is 10.2 Å². The number of amides is 1. The van der Waals surface area contributed by atoms with Crippen molar-refractivity contribution in [1.82, 2.24) is 20.2 Å². The fraction of sp³-hybridized carbons (Fsp3) is 0.500. The van der Waals surface area contributed by atoms with Gasteiger partial charge in [-0.1, -0.05) is 35.5 Å². The van der Waals surface area contributed by atoms with Gasteiger partial charge in [-0.2, -0.15) is 0 Å². The summed E-state index contributed by atoms with van der Waals surface area (Å²) in [5, 5.41) is 4.13. The zero-order valence-corrected chi connectivity index (χ0v) is 19.3. The van der Waals surface area contributed by atoms with Crippen LogP contribution in [0.15, 0.2) is 35.5 Å². The molecule has 1 aliphatic rings. The molecule has 0 atom stereocenters. The summed E-state index contributed by atoms with van der Waals surface area (Å²) in [4.78, 5) is 25.8. The number of halogens is 1. The van der Waals surface area contributed by atoms with Crippen molar-refractivity contribution in [3.63, 3.8) is 0 Å². The Morgan fingerprint density at radius 3 is 2.53 bits per heavy atom. The van der Waals surface area contributed by atoms with Crippen molar-refractivity contribution in [2.45, 2.75) is 37.6 Å². The Morgan fingerprint density at radius 2 is 1.87 bits per heavy atom. The van der Waals surface area contributed by atoms with Gasteiger partial charge in [-0.25, -0.2) is 9.97 Å². The van der Waals surface area contributed by atoms with Crippen molar-refractivity contribution >= 4 is 35.1 Å². The number of rotatable bonds is 10. The number of thioether (sulfide) groups is 1. The molecule has 2 heterocycles. The summed E-state index contributed by atoms with van der Waals surface area (Å²) in [6.07, 6.45) is 2.54. The number of benzene rings is 1. The highest BCUT2D eigenvalue weighted by atomic mass is 35.5. The van der Waals surface area contributed by atoms with Crippen LogP contribution in [0.5, 0.6) is 0 Å². The van der Waals surface area contributed by atoms with Gasteiger partial charge >= 0.3 is 0 Å². The number of nitrogens with zero attached hydrogens (tertiary/aromatic N) is 4. The molecule has 162 valence electrons. The van der Waals surface area contributed by atoms with Crippen LogP contribution in [0.2, 0.25) is 5.15 Å². The van der Waals surface area contributed by atoms with E-state index in [9.17, 15) is 4.79 Å². The minimum Gasteiger partial charge on any atom is -0.357 e. The minimum absolute atomic E-state index is 0.0181. The summed E-state index contributed by atoms with van der Waals surface area (Å²) in [5.41, 5.74) is 1.80. The summed E-state index contributed by atoms with van der Waals surface area (Å²) in [6, 6.07) is 9.52. The predicted molar refractivity (Wildman–Crippen MR) is 125 cm³/mol. The van der Waals surface area contributed by atoms with Crippen molar-refractivity contribution in [2.24, 2.45) is 0 Å². The van der Waals surface area contributed by atoms with E-state index in [1.807, 2.05) is 24.3 Å². The van der Waals surface area contributed by atoms with Gasteiger partial charge in [-0.05, 0) is 57.5 Å². The monoisotopic (exact) mass is 447 g/mol. The molecule has 1 aromatic carbocycles. The van der Waals surface area contributed by atoms with Crippen molar-refractivity contribution in [2.75, 3.05) is 44.2 Å². The van der Waals surface area contributed by atoms with Crippen LogP contribution in [0.3, 0.4) is 0 Å².